The highest BCUT2D eigenvalue weighted by Crippen LogP contribution is 2.39. The van der Waals surface area contributed by atoms with Crippen LogP contribution in [0.3, 0.4) is 0 Å². The van der Waals surface area contributed by atoms with Gasteiger partial charge in [-0.3, -0.25) is 0 Å². The molecule has 0 fully saturated rings. The number of hydrogen-bond donors (Lipinski definition) is 1. The van der Waals surface area contributed by atoms with Crippen molar-refractivity contribution in [1.29, 1.82) is 0 Å². The molecule has 2 aromatic heterocycles. The monoisotopic (exact) mass is 365 g/mol. The highest BCUT2D eigenvalue weighted by atomic mass is 79.9. The van der Waals surface area contributed by atoms with E-state index in [-0.39, 0.29) is 6.04 Å². The first-order chi connectivity index (χ1) is 8.65. The summed E-state index contributed by atoms with van der Waals surface area (Å²) in [5, 5.41) is 5.50. The molecule has 0 aliphatic rings. The largest absolute Gasteiger partial charge is 0.496 e. The third-order valence-corrected chi connectivity index (χ3v) is 5.99. The van der Waals surface area contributed by atoms with Gasteiger partial charge >= 0.3 is 0 Å². The predicted octanol–water partition coefficient (Wildman–Crippen LogP) is 4.93. The van der Waals surface area contributed by atoms with E-state index in [0.29, 0.717) is 0 Å². The molecule has 98 valence electrons. The number of thiophene rings is 2. The molecule has 0 aromatic carbocycles. The number of methoxy groups -OCH3 is 1. The van der Waals surface area contributed by atoms with Crippen LogP contribution in [-0.4, -0.2) is 13.7 Å². The first-order valence-electron chi connectivity index (χ1n) is 5.46. The Morgan fingerprint density at radius 2 is 2.22 bits per heavy atom. The van der Waals surface area contributed by atoms with Crippen LogP contribution in [0.25, 0.3) is 0 Å². The molecule has 6 heteroatoms. The molecule has 0 radical (unpaired) electrons. The van der Waals surface area contributed by atoms with Crippen molar-refractivity contribution in [1.82, 2.24) is 5.32 Å². The van der Waals surface area contributed by atoms with Gasteiger partial charge in [-0.1, -0.05) is 18.5 Å². The van der Waals surface area contributed by atoms with E-state index in [2.05, 4.69) is 40.3 Å². The van der Waals surface area contributed by atoms with Crippen molar-refractivity contribution in [2.24, 2.45) is 0 Å². The van der Waals surface area contributed by atoms with Gasteiger partial charge in [0.15, 0.2) is 0 Å². The minimum Gasteiger partial charge on any atom is -0.496 e. The Hall–Kier alpha value is -0.0700. The third-order valence-electron chi connectivity index (χ3n) is 2.47. The lowest BCUT2D eigenvalue weighted by molar-refractivity contribution is 0.416. The molecule has 1 atom stereocenters. The average Bonchev–Trinajstić information content (AvgIpc) is 2.94. The van der Waals surface area contributed by atoms with Crippen molar-refractivity contribution in [3.63, 3.8) is 0 Å². The lowest BCUT2D eigenvalue weighted by Gasteiger charge is -2.14. The van der Waals surface area contributed by atoms with Gasteiger partial charge in [-0.25, -0.2) is 0 Å². The standard InChI is InChI=1S/C12H13BrClNOS2/c1-3-15-11(9-4-7(16-2)6-17-9)10-5-8(13)12(14)18-10/h4-6,11,15H,3H2,1-2H3. The van der Waals surface area contributed by atoms with E-state index in [1.54, 1.807) is 29.8 Å². The number of hydrogen-bond acceptors (Lipinski definition) is 4. The first-order valence-corrected chi connectivity index (χ1v) is 8.33. The minimum atomic E-state index is 0.178. The van der Waals surface area contributed by atoms with Gasteiger partial charge in [-0.15, -0.1) is 22.7 Å². The van der Waals surface area contributed by atoms with Gasteiger partial charge in [0.05, 0.1) is 13.2 Å². The molecule has 2 aromatic rings. The highest BCUT2D eigenvalue weighted by Gasteiger charge is 2.19. The SMILES string of the molecule is CCNC(c1cc(OC)cs1)c1cc(Br)c(Cl)s1. The van der Waals surface area contributed by atoms with Crippen molar-refractivity contribution >= 4 is 50.2 Å². The molecule has 0 aliphatic carbocycles. The summed E-state index contributed by atoms with van der Waals surface area (Å²) < 4.78 is 6.98. The molecule has 0 bridgehead atoms. The van der Waals surface area contributed by atoms with E-state index in [0.717, 1.165) is 21.1 Å². The van der Waals surface area contributed by atoms with E-state index in [4.69, 9.17) is 16.3 Å². The average molecular weight is 367 g/mol. The summed E-state index contributed by atoms with van der Waals surface area (Å²) in [6.07, 6.45) is 0. The van der Waals surface area contributed by atoms with Crippen LogP contribution in [0.15, 0.2) is 22.0 Å². The molecular formula is C12H13BrClNOS2. The number of nitrogens with one attached hydrogen (secondary N) is 1. The van der Waals surface area contributed by atoms with Gasteiger partial charge in [0.25, 0.3) is 0 Å². The maximum Gasteiger partial charge on any atom is 0.129 e. The number of halogens is 2. The van der Waals surface area contributed by atoms with Gasteiger partial charge in [-0.2, -0.15) is 0 Å². The second kappa shape index (κ2) is 6.39. The number of ether oxygens (including phenoxy) is 1. The molecule has 2 heterocycles. The molecule has 1 N–H and O–H groups in total. The van der Waals surface area contributed by atoms with Crippen LogP contribution >= 0.6 is 50.2 Å². The summed E-state index contributed by atoms with van der Waals surface area (Å²) in [6, 6.07) is 4.32. The second-order valence-electron chi connectivity index (χ2n) is 3.65. The number of rotatable bonds is 5. The molecule has 0 saturated heterocycles. The van der Waals surface area contributed by atoms with Crippen LogP contribution in [-0.2, 0) is 0 Å². The van der Waals surface area contributed by atoms with Crippen LogP contribution in [0.5, 0.6) is 5.75 Å². The van der Waals surface area contributed by atoms with Gasteiger partial charge in [-0.05, 0) is 34.6 Å². The summed E-state index contributed by atoms with van der Waals surface area (Å²) in [6.45, 7) is 3.00. The molecule has 2 nitrogen and oxygen atoms in total. The summed E-state index contributed by atoms with van der Waals surface area (Å²) >= 11 is 12.9. The summed E-state index contributed by atoms with van der Waals surface area (Å²) in [7, 11) is 1.69. The first kappa shape index (κ1) is 14.3. The molecule has 0 amide bonds. The molecule has 1 unspecified atom stereocenters. The summed E-state index contributed by atoms with van der Waals surface area (Å²) in [5.74, 6) is 0.902. The Labute approximate surface area is 128 Å². The van der Waals surface area contributed by atoms with Crippen molar-refractivity contribution in [3.8, 4) is 5.75 Å². The van der Waals surface area contributed by atoms with E-state index >= 15 is 0 Å². The maximum absolute atomic E-state index is 6.12. The lowest BCUT2D eigenvalue weighted by Crippen LogP contribution is -2.20. The van der Waals surface area contributed by atoms with E-state index in [1.807, 2.05) is 5.38 Å². The van der Waals surface area contributed by atoms with Gasteiger partial charge < -0.3 is 10.1 Å². The van der Waals surface area contributed by atoms with Crippen molar-refractivity contribution in [3.05, 3.63) is 36.1 Å². The van der Waals surface area contributed by atoms with Crippen LogP contribution in [0.1, 0.15) is 22.7 Å². The van der Waals surface area contributed by atoms with Crippen LogP contribution in [0.4, 0.5) is 0 Å². The lowest BCUT2D eigenvalue weighted by atomic mass is 10.2. The van der Waals surface area contributed by atoms with Gasteiger partial charge in [0.2, 0.25) is 0 Å². The molecule has 0 saturated carbocycles. The third kappa shape index (κ3) is 3.08. The van der Waals surface area contributed by atoms with Crippen LogP contribution in [0.2, 0.25) is 4.34 Å². The van der Waals surface area contributed by atoms with E-state index in [9.17, 15) is 0 Å². The van der Waals surface area contributed by atoms with Gasteiger partial charge in [0.1, 0.15) is 10.1 Å². The van der Waals surface area contributed by atoms with Crippen molar-refractivity contribution in [2.75, 3.05) is 13.7 Å². The normalized spacial score (nSPS) is 12.7. The van der Waals surface area contributed by atoms with Crippen LogP contribution in [0, 0.1) is 0 Å². The van der Waals surface area contributed by atoms with Crippen LogP contribution < -0.4 is 10.1 Å². The van der Waals surface area contributed by atoms with E-state index < -0.39 is 0 Å². The zero-order chi connectivity index (χ0) is 13.1. The molecule has 2 rings (SSSR count). The summed E-state index contributed by atoms with van der Waals surface area (Å²) in [5.41, 5.74) is 0. The van der Waals surface area contributed by atoms with Gasteiger partial charge in [0, 0.05) is 19.6 Å². The zero-order valence-electron chi connectivity index (χ0n) is 10.00. The Morgan fingerprint density at radius 1 is 1.44 bits per heavy atom. The topological polar surface area (TPSA) is 21.3 Å². The highest BCUT2D eigenvalue weighted by molar-refractivity contribution is 9.10. The van der Waals surface area contributed by atoms with Crippen molar-refractivity contribution < 1.29 is 4.74 Å². The fourth-order valence-electron chi connectivity index (χ4n) is 1.64. The quantitative estimate of drug-likeness (QED) is 0.810. The van der Waals surface area contributed by atoms with Crippen molar-refractivity contribution in [2.45, 2.75) is 13.0 Å². The molecular weight excluding hydrogens is 354 g/mol. The summed E-state index contributed by atoms with van der Waals surface area (Å²) in [4.78, 5) is 2.44. The predicted molar refractivity (Wildman–Crippen MR) is 83.4 cm³/mol. The fraction of sp³-hybridized carbons (Fsp3) is 0.333. The van der Waals surface area contributed by atoms with E-state index in [1.165, 1.54) is 9.75 Å². The fourth-order valence-corrected chi connectivity index (χ4v) is 4.50. The second-order valence-corrected chi connectivity index (χ2v) is 7.13. The molecule has 18 heavy (non-hydrogen) atoms. The minimum absolute atomic E-state index is 0.178. The molecule has 0 aliphatic heterocycles. The molecule has 0 spiro atoms. The Balaban J connectivity index is 2.32. The smallest absolute Gasteiger partial charge is 0.129 e. The Morgan fingerprint density at radius 3 is 2.72 bits per heavy atom. The Kier molecular flexibility index (Phi) is 5.09. The zero-order valence-corrected chi connectivity index (χ0v) is 14.0. The maximum atomic E-state index is 6.12. The Bertz CT molecular complexity index is 506.